The molecule has 0 aliphatic carbocycles. The minimum absolute atomic E-state index is 0.159. The van der Waals surface area contributed by atoms with Crippen molar-refractivity contribution >= 4 is 34.3 Å². The lowest BCUT2D eigenvalue weighted by Gasteiger charge is -2.26. The Hall–Kier alpha value is -3.66. The van der Waals surface area contributed by atoms with Gasteiger partial charge in [-0.2, -0.15) is 0 Å². The van der Waals surface area contributed by atoms with Crippen LogP contribution in [0.25, 0.3) is 11.0 Å². The number of imidazole rings is 1. The molecule has 4 rings (SSSR count). The maximum atomic E-state index is 12.9. The van der Waals surface area contributed by atoms with Crippen LogP contribution in [0.15, 0.2) is 42.5 Å². The Labute approximate surface area is 185 Å². The summed E-state index contributed by atoms with van der Waals surface area (Å²) in [4.78, 5) is 36.1. The molecule has 2 N–H and O–H groups in total. The highest BCUT2D eigenvalue weighted by Crippen LogP contribution is 2.29. The molecule has 1 aromatic heterocycles. The molecule has 0 radical (unpaired) electrons. The monoisotopic (exact) mass is 438 g/mol. The summed E-state index contributed by atoms with van der Waals surface area (Å²) in [6.07, 6.45) is 0.872. The van der Waals surface area contributed by atoms with Gasteiger partial charge >= 0.3 is 0 Å². The van der Waals surface area contributed by atoms with Crippen molar-refractivity contribution in [2.75, 3.05) is 43.5 Å². The van der Waals surface area contributed by atoms with E-state index in [0.29, 0.717) is 12.3 Å². The Balaban J connectivity index is 1.42. The Morgan fingerprint density at radius 1 is 1.22 bits per heavy atom. The van der Waals surface area contributed by atoms with Gasteiger partial charge in [0.25, 0.3) is 5.69 Å². The van der Waals surface area contributed by atoms with Crippen LogP contribution in [-0.2, 0) is 4.79 Å². The number of carbonyl (C=O) groups is 1. The summed E-state index contributed by atoms with van der Waals surface area (Å²) in [5.74, 6) is 0.912. The Bertz CT molecular complexity index is 1100. The van der Waals surface area contributed by atoms with Crippen molar-refractivity contribution in [3.8, 4) is 5.75 Å². The number of aromatic nitrogens is 2. The topological polar surface area (TPSA) is 117 Å². The van der Waals surface area contributed by atoms with Gasteiger partial charge in [-0.3, -0.25) is 19.8 Å². The number of amides is 1. The summed E-state index contributed by atoms with van der Waals surface area (Å²) in [5, 5.41) is 14.1. The zero-order chi connectivity index (χ0) is 22.7. The van der Waals surface area contributed by atoms with Gasteiger partial charge in [0.1, 0.15) is 11.4 Å². The first-order valence-electron chi connectivity index (χ1n) is 10.5. The van der Waals surface area contributed by atoms with Gasteiger partial charge in [-0.15, -0.1) is 0 Å². The quantitative estimate of drug-likeness (QED) is 0.449. The van der Waals surface area contributed by atoms with E-state index in [1.54, 1.807) is 6.07 Å². The third-order valence-electron chi connectivity index (χ3n) is 5.79. The first-order valence-corrected chi connectivity index (χ1v) is 10.5. The molecule has 32 heavy (non-hydrogen) atoms. The first kappa shape index (κ1) is 21.6. The molecular weight excluding hydrogens is 412 g/mol. The number of nitro benzene ring substituents is 1. The number of methoxy groups -OCH3 is 1. The summed E-state index contributed by atoms with van der Waals surface area (Å²) in [6, 6.07) is 11.9. The van der Waals surface area contributed by atoms with E-state index in [1.807, 2.05) is 31.2 Å². The van der Waals surface area contributed by atoms with Gasteiger partial charge in [0, 0.05) is 26.2 Å². The Morgan fingerprint density at radius 2 is 2.03 bits per heavy atom. The third kappa shape index (κ3) is 4.50. The van der Waals surface area contributed by atoms with E-state index in [4.69, 9.17) is 4.74 Å². The van der Waals surface area contributed by atoms with Gasteiger partial charge < -0.3 is 19.9 Å². The number of aromatic amines is 1. The van der Waals surface area contributed by atoms with Crippen LogP contribution in [0.2, 0.25) is 0 Å². The number of rotatable bonds is 6. The number of hydrogen-bond acceptors (Lipinski definition) is 7. The fraction of sp³-hybridized carbons (Fsp3) is 0.364. The number of fused-ring (bicyclic) bond motifs is 1. The van der Waals surface area contributed by atoms with Crippen LogP contribution >= 0.6 is 0 Å². The van der Waals surface area contributed by atoms with Crippen LogP contribution in [0.5, 0.6) is 5.75 Å². The van der Waals surface area contributed by atoms with Crippen molar-refractivity contribution in [1.29, 1.82) is 0 Å². The molecule has 0 bridgehead atoms. The number of anilines is 2. The smallest absolute Gasteiger partial charge is 0.296 e. The first-order chi connectivity index (χ1) is 15.5. The summed E-state index contributed by atoms with van der Waals surface area (Å²) in [6.45, 7) is 4.79. The van der Waals surface area contributed by atoms with Crippen molar-refractivity contribution < 1.29 is 14.5 Å². The van der Waals surface area contributed by atoms with E-state index in [9.17, 15) is 14.9 Å². The molecule has 2 aromatic carbocycles. The van der Waals surface area contributed by atoms with Gasteiger partial charge in [0.05, 0.1) is 35.2 Å². The number of ether oxygens (including phenoxy) is 1. The minimum atomic E-state index is -0.528. The zero-order valence-electron chi connectivity index (χ0n) is 18.1. The summed E-state index contributed by atoms with van der Waals surface area (Å²) < 4.78 is 5.05. The van der Waals surface area contributed by atoms with Gasteiger partial charge in [-0.1, -0.05) is 12.1 Å². The number of hydrogen-bond donors (Lipinski definition) is 2. The maximum Gasteiger partial charge on any atom is 0.296 e. The molecule has 0 spiro atoms. The highest BCUT2D eigenvalue weighted by molar-refractivity contribution is 5.96. The Kier molecular flexibility index (Phi) is 6.22. The van der Waals surface area contributed by atoms with Crippen molar-refractivity contribution in [1.82, 2.24) is 14.9 Å². The highest BCUT2D eigenvalue weighted by atomic mass is 16.6. The average molecular weight is 438 g/mol. The molecule has 1 unspecified atom stereocenters. The van der Waals surface area contributed by atoms with Gasteiger partial charge in [0.15, 0.2) is 0 Å². The van der Waals surface area contributed by atoms with E-state index in [-0.39, 0.29) is 17.3 Å². The molecule has 1 aliphatic rings. The fourth-order valence-electron chi connectivity index (χ4n) is 3.92. The predicted molar refractivity (Wildman–Crippen MR) is 122 cm³/mol. The van der Waals surface area contributed by atoms with Crippen molar-refractivity contribution in [3.63, 3.8) is 0 Å². The largest absolute Gasteiger partial charge is 0.496 e. The van der Waals surface area contributed by atoms with Crippen LogP contribution in [0.3, 0.4) is 0 Å². The zero-order valence-corrected chi connectivity index (χ0v) is 18.1. The van der Waals surface area contributed by atoms with Crippen LogP contribution in [-0.4, -0.2) is 65.0 Å². The standard InChI is InChI=1S/C22H26N6O4/c1-15(21(29)23-19-9-8-16(32-2)14-20(19)28(30)31)26-10-5-11-27(13-12-26)22-24-17-6-3-4-7-18(17)25-22/h3-4,6-9,14-15H,5,10-13H2,1-2H3,(H,23,29)(H,24,25). The third-order valence-corrected chi connectivity index (χ3v) is 5.79. The number of nitrogens with one attached hydrogen (secondary N) is 2. The summed E-state index contributed by atoms with van der Waals surface area (Å²) in [5.41, 5.74) is 1.89. The molecule has 1 aliphatic heterocycles. The lowest BCUT2D eigenvalue weighted by Crippen LogP contribution is -2.44. The molecule has 0 saturated carbocycles. The molecular formula is C22H26N6O4. The number of nitro groups is 1. The van der Waals surface area contributed by atoms with Crippen molar-refractivity contribution in [2.24, 2.45) is 0 Å². The minimum Gasteiger partial charge on any atom is -0.496 e. The lowest BCUT2D eigenvalue weighted by molar-refractivity contribution is -0.384. The van der Waals surface area contributed by atoms with E-state index in [2.05, 4.69) is 25.1 Å². The molecule has 1 amide bonds. The molecule has 168 valence electrons. The van der Waals surface area contributed by atoms with Crippen LogP contribution < -0.4 is 15.0 Å². The van der Waals surface area contributed by atoms with E-state index < -0.39 is 11.0 Å². The summed E-state index contributed by atoms with van der Waals surface area (Å²) in [7, 11) is 1.44. The maximum absolute atomic E-state index is 12.9. The van der Waals surface area contributed by atoms with Crippen LogP contribution in [0, 0.1) is 10.1 Å². The molecule has 1 saturated heterocycles. The number of H-pyrrole nitrogens is 1. The van der Waals surface area contributed by atoms with Crippen LogP contribution in [0.4, 0.5) is 17.3 Å². The average Bonchev–Trinajstić information content (AvgIpc) is 3.08. The second kappa shape index (κ2) is 9.23. The van der Waals surface area contributed by atoms with Crippen molar-refractivity contribution in [3.05, 3.63) is 52.6 Å². The molecule has 10 heteroatoms. The number of benzene rings is 2. The van der Waals surface area contributed by atoms with Crippen LogP contribution in [0.1, 0.15) is 13.3 Å². The van der Waals surface area contributed by atoms with Gasteiger partial charge in [0.2, 0.25) is 11.9 Å². The van der Waals surface area contributed by atoms with E-state index in [0.717, 1.165) is 43.0 Å². The number of carbonyl (C=O) groups excluding carboxylic acids is 1. The molecule has 1 fully saturated rings. The van der Waals surface area contributed by atoms with Gasteiger partial charge in [-0.25, -0.2) is 4.98 Å². The highest BCUT2D eigenvalue weighted by Gasteiger charge is 2.27. The number of para-hydroxylation sites is 2. The number of nitrogens with zero attached hydrogens (tertiary/aromatic N) is 4. The Morgan fingerprint density at radius 3 is 2.78 bits per heavy atom. The van der Waals surface area contributed by atoms with Crippen molar-refractivity contribution in [2.45, 2.75) is 19.4 Å². The molecule has 3 aromatic rings. The SMILES string of the molecule is COc1ccc(NC(=O)C(C)N2CCCN(c3nc4ccccc4[nH]3)CC2)c([N+](=O)[O-])c1. The van der Waals surface area contributed by atoms with E-state index in [1.165, 1.54) is 19.2 Å². The van der Waals surface area contributed by atoms with Gasteiger partial charge in [-0.05, 0) is 37.6 Å². The second-order valence-electron chi connectivity index (χ2n) is 7.76. The van der Waals surface area contributed by atoms with E-state index >= 15 is 0 Å². The molecule has 10 nitrogen and oxygen atoms in total. The fourth-order valence-corrected chi connectivity index (χ4v) is 3.92. The molecule has 1 atom stereocenters. The predicted octanol–water partition coefficient (Wildman–Crippen LogP) is 3.02. The normalized spacial score (nSPS) is 15.9. The second-order valence-corrected chi connectivity index (χ2v) is 7.76. The summed E-state index contributed by atoms with van der Waals surface area (Å²) >= 11 is 0. The lowest BCUT2D eigenvalue weighted by atomic mass is 10.2. The molecule has 2 heterocycles.